The monoisotopic (exact) mass is 464 g/mol. The maximum Gasteiger partial charge on any atom is 0.124 e. The lowest BCUT2D eigenvalue weighted by molar-refractivity contribution is 0.408. The normalized spacial score (nSPS) is 12.3. The molecule has 106 valence electrons. The summed E-state index contributed by atoms with van der Waals surface area (Å²) in [4.78, 5) is 0. The average molecular weight is 466 g/mol. The van der Waals surface area contributed by atoms with Crippen molar-refractivity contribution in [3.05, 3.63) is 60.6 Å². The summed E-state index contributed by atoms with van der Waals surface area (Å²) in [7, 11) is 1.70. The molecule has 0 heterocycles. The van der Waals surface area contributed by atoms with Crippen LogP contribution in [0.15, 0.2) is 34.8 Å². The Balaban J connectivity index is 2.48. The van der Waals surface area contributed by atoms with Crippen molar-refractivity contribution in [3.63, 3.8) is 0 Å². The number of aryl methyl sites for hydroxylation is 2. The summed E-state index contributed by atoms with van der Waals surface area (Å²) in [5.41, 5.74) is 4.39. The van der Waals surface area contributed by atoms with Gasteiger partial charge in [0.2, 0.25) is 0 Å². The molecular formula is C16H15BrClIO. The van der Waals surface area contributed by atoms with Gasteiger partial charge >= 0.3 is 0 Å². The molecule has 0 aliphatic carbocycles. The minimum atomic E-state index is -0.178. The largest absolute Gasteiger partial charge is 0.496 e. The zero-order valence-corrected chi connectivity index (χ0v) is 16.0. The summed E-state index contributed by atoms with van der Waals surface area (Å²) < 4.78 is 7.61. The van der Waals surface area contributed by atoms with Crippen molar-refractivity contribution in [1.29, 1.82) is 0 Å². The van der Waals surface area contributed by atoms with Gasteiger partial charge in [-0.05, 0) is 76.9 Å². The number of hydrogen-bond acceptors (Lipinski definition) is 1. The number of hydrogen-bond donors (Lipinski definition) is 0. The van der Waals surface area contributed by atoms with Gasteiger partial charge in [-0.25, -0.2) is 0 Å². The summed E-state index contributed by atoms with van der Waals surface area (Å²) >= 11 is 12.6. The van der Waals surface area contributed by atoms with Crippen LogP contribution >= 0.6 is 50.1 Å². The van der Waals surface area contributed by atoms with E-state index >= 15 is 0 Å². The van der Waals surface area contributed by atoms with Crippen molar-refractivity contribution in [2.45, 2.75) is 19.2 Å². The Morgan fingerprint density at radius 2 is 1.75 bits per heavy atom. The van der Waals surface area contributed by atoms with E-state index in [1.54, 1.807) is 7.11 Å². The third-order valence-corrected chi connectivity index (χ3v) is 5.09. The van der Waals surface area contributed by atoms with E-state index in [9.17, 15) is 0 Å². The molecule has 0 radical (unpaired) electrons. The molecule has 2 aromatic rings. The minimum Gasteiger partial charge on any atom is -0.496 e. The van der Waals surface area contributed by atoms with Crippen LogP contribution in [-0.4, -0.2) is 7.11 Å². The zero-order chi connectivity index (χ0) is 14.9. The Bertz CT molecular complexity index is 619. The van der Waals surface area contributed by atoms with Crippen LogP contribution in [0.2, 0.25) is 0 Å². The van der Waals surface area contributed by atoms with Gasteiger partial charge in [0.1, 0.15) is 5.75 Å². The van der Waals surface area contributed by atoms with E-state index in [0.29, 0.717) is 0 Å². The maximum atomic E-state index is 6.67. The molecular weight excluding hydrogens is 450 g/mol. The zero-order valence-electron chi connectivity index (χ0n) is 11.5. The number of methoxy groups -OCH3 is 1. The number of benzene rings is 2. The van der Waals surface area contributed by atoms with Gasteiger partial charge in [0, 0.05) is 8.04 Å². The minimum absolute atomic E-state index is 0.178. The second-order valence-corrected chi connectivity index (χ2v) is 7.25. The summed E-state index contributed by atoms with van der Waals surface area (Å²) in [6.45, 7) is 4.09. The lowest BCUT2D eigenvalue weighted by Crippen LogP contribution is -1.99. The molecule has 1 nitrogen and oxygen atoms in total. The van der Waals surface area contributed by atoms with Crippen LogP contribution in [0.5, 0.6) is 5.75 Å². The highest BCUT2D eigenvalue weighted by molar-refractivity contribution is 14.1. The van der Waals surface area contributed by atoms with Gasteiger partial charge in [0.25, 0.3) is 0 Å². The Morgan fingerprint density at radius 1 is 1.15 bits per heavy atom. The molecule has 0 amide bonds. The van der Waals surface area contributed by atoms with Crippen molar-refractivity contribution in [2.24, 2.45) is 0 Å². The van der Waals surface area contributed by atoms with Gasteiger partial charge in [-0.15, -0.1) is 11.6 Å². The molecule has 4 heteroatoms. The maximum absolute atomic E-state index is 6.67. The predicted molar refractivity (Wildman–Crippen MR) is 97.0 cm³/mol. The second-order valence-electron chi connectivity index (χ2n) is 4.72. The molecule has 0 saturated heterocycles. The van der Waals surface area contributed by atoms with Gasteiger partial charge in [0.15, 0.2) is 0 Å². The first-order valence-electron chi connectivity index (χ1n) is 6.18. The topological polar surface area (TPSA) is 9.23 Å². The van der Waals surface area contributed by atoms with Crippen molar-refractivity contribution in [2.75, 3.05) is 7.11 Å². The fraction of sp³-hybridized carbons (Fsp3) is 0.250. The summed E-state index contributed by atoms with van der Waals surface area (Å²) in [6.07, 6.45) is 0. The number of halogens is 3. The smallest absolute Gasteiger partial charge is 0.124 e. The predicted octanol–water partition coefficient (Wildman–Crippen LogP) is 6.01. The molecule has 0 N–H and O–H groups in total. The van der Waals surface area contributed by atoms with Crippen molar-refractivity contribution >= 4 is 50.1 Å². The molecule has 0 saturated carbocycles. The van der Waals surface area contributed by atoms with E-state index in [-0.39, 0.29) is 5.38 Å². The Morgan fingerprint density at radius 3 is 2.30 bits per heavy atom. The van der Waals surface area contributed by atoms with Crippen LogP contribution in [0, 0.1) is 17.4 Å². The molecule has 2 aromatic carbocycles. The molecule has 0 aromatic heterocycles. The highest BCUT2D eigenvalue weighted by Crippen LogP contribution is 2.37. The van der Waals surface area contributed by atoms with Gasteiger partial charge < -0.3 is 4.74 Å². The first-order chi connectivity index (χ1) is 9.43. The highest BCUT2D eigenvalue weighted by Gasteiger charge is 2.17. The van der Waals surface area contributed by atoms with E-state index in [0.717, 1.165) is 32.5 Å². The van der Waals surface area contributed by atoms with Crippen LogP contribution in [0.25, 0.3) is 0 Å². The van der Waals surface area contributed by atoms with Crippen LogP contribution in [0.3, 0.4) is 0 Å². The van der Waals surface area contributed by atoms with Gasteiger partial charge in [-0.2, -0.15) is 0 Å². The lowest BCUT2D eigenvalue weighted by atomic mass is 9.99. The molecule has 0 aliphatic heterocycles. The first-order valence-corrected chi connectivity index (χ1v) is 8.49. The van der Waals surface area contributed by atoms with Crippen LogP contribution in [0.4, 0.5) is 0 Å². The summed E-state index contributed by atoms with van der Waals surface area (Å²) in [6, 6.07) is 10.4. The molecule has 0 aliphatic rings. The quantitative estimate of drug-likeness (QED) is 0.399. The van der Waals surface area contributed by atoms with Crippen molar-refractivity contribution < 1.29 is 4.74 Å². The standard InChI is InChI=1S/C16H15BrClIO/c1-9-6-11(7-10(2)16(9)20-3)15(18)13-8-12(19)4-5-14(13)17/h4-8,15H,1-3H3. The number of ether oxygens (including phenoxy) is 1. The average Bonchev–Trinajstić information content (AvgIpc) is 2.40. The Labute approximate surface area is 146 Å². The fourth-order valence-electron chi connectivity index (χ4n) is 2.34. The lowest BCUT2D eigenvalue weighted by Gasteiger charge is -2.16. The Kier molecular flexibility index (Phi) is 5.37. The molecule has 20 heavy (non-hydrogen) atoms. The SMILES string of the molecule is COc1c(C)cc(C(Cl)c2cc(I)ccc2Br)cc1C. The molecule has 0 bridgehead atoms. The highest BCUT2D eigenvalue weighted by atomic mass is 127. The number of rotatable bonds is 3. The fourth-order valence-corrected chi connectivity index (χ4v) is 3.77. The molecule has 0 fully saturated rings. The van der Waals surface area contributed by atoms with Gasteiger partial charge in [-0.3, -0.25) is 0 Å². The molecule has 2 rings (SSSR count). The van der Waals surface area contributed by atoms with E-state index in [1.165, 1.54) is 3.57 Å². The summed E-state index contributed by atoms with van der Waals surface area (Å²) in [5, 5.41) is -0.178. The van der Waals surface area contributed by atoms with Crippen molar-refractivity contribution in [1.82, 2.24) is 0 Å². The first kappa shape index (κ1) is 16.1. The van der Waals surface area contributed by atoms with E-state index in [2.05, 4.69) is 62.8 Å². The van der Waals surface area contributed by atoms with Crippen LogP contribution in [0.1, 0.15) is 27.6 Å². The molecule has 0 spiro atoms. The summed E-state index contributed by atoms with van der Waals surface area (Å²) in [5.74, 6) is 0.930. The second kappa shape index (κ2) is 6.67. The van der Waals surface area contributed by atoms with E-state index < -0.39 is 0 Å². The molecule has 1 atom stereocenters. The Hall–Kier alpha value is -0.260. The van der Waals surface area contributed by atoms with Crippen LogP contribution < -0.4 is 4.74 Å². The van der Waals surface area contributed by atoms with Crippen molar-refractivity contribution in [3.8, 4) is 5.75 Å². The van der Waals surface area contributed by atoms with E-state index in [1.807, 2.05) is 19.9 Å². The third-order valence-electron chi connectivity index (χ3n) is 3.21. The van der Waals surface area contributed by atoms with Gasteiger partial charge in [0.05, 0.1) is 12.5 Å². The third kappa shape index (κ3) is 3.31. The number of alkyl halides is 1. The van der Waals surface area contributed by atoms with E-state index in [4.69, 9.17) is 16.3 Å². The molecule has 1 unspecified atom stereocenters. The van der Waals surface area contributed by atoms with Gasteiger partial charge in [-0.1, -0.05) is 28.1 Å². The van der Waals surface area contributed by atoms with Crippen LogP contribution in [-0.2, 0) is 0 Å².